The molecule has 100 valence electrons. The van der Waals surface area contributed by atoms with Crippen molar-refractivity contribution in [3.8, 4) is 0 Å². The van der Waals surface area contributed by atoms with Crippen LogP contribution in [-0.4, -0.2) is 42.5 Å². The van der Waals surface area contributed by atoms with Crippen LogP contribution in [0.4, 0.5) is 5.82 Å². The smallest absolute Gasteiger partial charge is 0.254 e. The summed E-state index contributed by atoms with van der Waals surface area (Å²) in [5.41, 5.74) is 0.950. The van der Waals surface area contributed by atoms with E-state index < -0.39 is 21.8 Å². The summed E-state index contributed by atoms with van der Waals surface area (Å²) in [5, 5.41) is 11.9. The second-order valence-corrected chi connectivity index (χ2v) is 6.40. The summed E-state index contributed by atoms with van der Waals surface area (Å²) in [7, 11) is -3.19. The molecule has 1 rings (SSSR count). The third-order valence-electron chi connectivity index (χ3n) is 2.23. The molecule has 6 nitrogen and oxygen atoms in total. The van der Waals surface area contributed by atoms with Crippen molar-refractivity contribution in [1.29, 1.82) is 0 Å². The summed E-state index contributed by atoms with van der Waals surface area (Å²) in [6.45, 7) is 1.86. The Balaban J connectivity index is 2.52. The van der Waals surface area contributed by atoms with E-state index in [4.69, 9.17) is 0 Å². The van der Waals surface area contributed by atoms with Gasteiger partial charge in [0.1, 0.15) is 21.8 Å². The van der Waals surface area contributed by atoms with Gasteiger partial charge in [-0.05, 0) is 25.0 Å². The lowest BCUT2D eigenvalue weighted by Gasteiger charge is -2.10. The first-order valence-electron chi connectivity index (χ1n) is 5.37. The van der Waals surface area contributed by atoms with Crippen LogP contribution in [0.1, 0.15) is 12.0 Å². The van der Waals surface area contributed by atoms with Crippen LogP contribution in [0.3, 0.4) is 0 Å². The highest BCUT2D eigenvalue weighted by atomic mass is 32.2. The van der Waals surface area contributed by atoms with Crippen LogP contribution < -0.4 is 5.32 Å². The van der Waals surface area contributed by atoms with Crippen LogP contribution in [0.25, 0.3) is 0 Å². The molecule has 0 bridgehead atoms. The molecule has 1 amide bonds. The van der Waals surface area contributed by atoms with Crippen LogP contribution in [0, 0.1) is 6.92 Å². The number of anilines is 1. The van der Waals surface area contributed by atoms with Gasteiger partial charge in [0, 0.05) is 12.5 Å². The van der Waals surface area contributed by atoms with E-state index in [0.717, 1.165) is 11.8 Å². The predicted molar refractivity (Wildman–Crippen MR) is 67.9 cm³/mol. The number of pyridine rings is 1. The van der Waals surface area contributed by atoms with Crippen molar-refractivity contribution in [2.45, 2.75) is 19.4 Å². The highest BCUT2D eigenvalue weighted by Gasteiger charge is 2.17. The van der Waals surface area contributed by atoms with Gasteiger partial charge in [-0.25, -0.2) is 13.4 Å². The largest absolute Gasteiger partial charge is 0.383 e. The topological polar surface area (TPSA) is 96.4 Å². The third kappa shape index (κ3) is 5.24. The van der Waals surface area contributed by atoms with Crippen molar-refractivity contribution in [1.82, 2.24) is 4.98 Å². The number of rotatable bonds is 5. The Morgan fingerprint density at radius 1 is 1.50 bits per heavy atom. The number of hydrogen-bond acceptors (Lipinski definition) is 5. The summed E-state index contributed by atoms with van der Waals surface area (Å²) < 4.78 is 21.8. The van der Waals surface area contributed by atoms with Gasteiger partial charge >= 0.3 is 0 Å². The number of aliphatic hydroxyl groups is 1. The molecule has 0 aromatic carbocycles. The Labute approximate surface area is 106 Å². The fourth-order valence-corrected chi connectivity index (χ4v) is 1.86. The molecule has 0 saturated heterocycles. The van der Waals surface area contributed by atoms with E-state index in [-0.39, 0.29) is 12.2 Å². The maximum absolute atomic E-state index is 11.5. The van der Waals surface area contributed by atoms with Crippen molar-refractivity contribution in [2.24, 2.45) is 0 Å². The molecule has 1 aromatic heterocycles. The Bertz CT molecular complexity index is 510. The molecule has 1 unspecified atom stereocenters. The fourth-order valence-electron chi connectivity index (χ4n) is 1.21. The Kier molecular flexibility index (Phi) is 4.80. The standard InChI is InChI=1S/C11H16N2O4S/c1-8-3-4-10(12-7-8)13-11(15)9(14)5-6-18(2,16)17/h3-4,7,9,14H,5-6H2,1-2H3,(H,12,13,15). The highest BCUT2D eigenvalue weighted by Crippen LogP contribution is 2.05. The Morgan fingerprint density at radius 3 is 2.67 bits per heavy atom. The van der Waals surface area contributed by atoms with E-state index in [2.05, 4.69) is 10.3 Å². The lowest BCUT2D eigenvalue weighted by molar-refractivity contribution is -0.124. The molecule has 0 fully saturated rings. The van der Waals surface area contributed by atoms with Crippen molar-refractivity contribution in [2.75, 3.05) is 17.3 Å². The number of aromatic nitrogens is 1. The third-order valence-corrected chi connectivity index (χ3v) is 3.20. The number of aryl methyl sites for hydroxylation is 1. The van der Waals surface area contributed by atoms with Gasteiger partial charge in [0.25, 0.3) is 5.91 Å². The quantitative estimate of drug-likeness (QED) is 0.794. The molecule has 2 N–H and O–H groups in total. The second-order valence-electron chi connectivity index (χ2n) is 4.14. The minimum atomic E-state index is -3.19. The highest BCUT2D eigenvalue weighted by molar-refractivity contribution is 7.90. The number of hydrogen-bond donors (Lipinski definition) is 2. The van der Waals surface area contributed by atoms with E-state index in [9.17, 15) is 18.3 Å². The maximum Gasteiger partial charge on any atom is 0.254 e. The van der Waals surface area contributed by atoms with Gasteiger partial charge in [-0.3, -0.25) is 4.79 Å². The molecule has 0 radical (unpaired) electrons. The van der Waals surface area contributed by atoms with Gasteiger partial charge in [0.15, 0.2) is 0 Å². The SMILES string of the molecule is Cc1ccc(NC(=O)C(O)CCS(C)(=O)=O)nc1. The molecule has 0 spiro atoms. The minimum absolute atomic E-state index is 0.128. The zero-order valence-electron chi connectivity index (χ0n) is 10.3. The molecule has 1 aromatic rings. The fraction of sp³-hybridized carbons (Fsp3) is 0.455. The lowest BCUT2D eigenvalue weighted by atomic mass is 10.2. The first kappa shape index (κ1) is 14.6. The van der Waals surface area contributed by atoms with Gasteiger partial charge in [-0.15, -0.1) is 0 Å². The molecule has 1 heterocycles. The second kappa shape index (κ2) is 5.92. The first-order valence-corrected chi connectivity index (χ1v) is 7.43. The molecular formula is C11H16N2O4S. The molecule has 18 heavy (non-hydrogen) atoms. The van der Waals surface area contributed by atoms with Gasteiger partial charge in [-0.2, -0.15) is 0 Å². The van der Waals surface area contributed by atoms with Crippen molar-refractivity contribution in [3.05, 3.63) is 23.9 Å². The number of nitrogens with one attached hydrogen (secondary N) is 1. The summed E-state index contributed by atoms with van der Waals surface area (Å²) in [6.07, 6.45) is 1.15. The van der Waals surface area contributed by atoms with E-state index in [0.29, 0.717) is 5.82 Å². The Morgan fingerprint density at radius 2 is 2.17 bits per heavy atom. The average Bonchev–Trinajstić information content (AvgIpc) is 2.28. The first-order chi connectivity index (χ1) is 8.28. The molecule has 0 saturated carbocycles. The van der Waals surface area contributed by atoms with Gasteiger partial charge < -0.3 is 10.4 Å². The predicted octanol–water partition coefficient (Wildman–Crippen LogP) is 0.124. The van der Waals surface area contributed by atoms with Crippen LogP contribution in [0.15, 0.2) is 18.3 Å². The summed E-state index contributed by atoms with van der Waals surface area (Å²) in [6, 6.07) is 3.38. The molecule has 7 heteroatoms. The lowest BCUT2D eigenvalue weighted by Crippen LogP contribution is -2.29. The van der Waals surface area contributed by atoms with Gasteiger partial charge in [-0.1, -0.05) is 6.07 Å². The monoisotopic (exact) mass is 272 g/mol. The number of aliphatic hydroxyl groups excluding tert-OH is 1. The van der Waals surface area contributed by atoms with Crippen molar-refractivity contribution in [3.63, 3.8) is 0 Å². The van der Waals surface area contributed by atoms with Gasteiger partial charge in [0.05, 0.1) is 5.75 Å². The maximum atomic E-state index is 11.5. The average molecular weight is 272 g/mol. The molecule has 0 aliphatic rings. The zero-order valence-corrected chi connectivity index (χ0v) is 11.1. The van der Waals surface area contributed by atoms with E-state index >= 15 is 0 Å². The summed E-state index contributed by atoms with van der Waals surface area (Å²) in [5.74, 6) is -0.567. The van der Waals surface area contributed by atoms with Gasteiger partial charge in [0.2, 0.25) is 0 Å². The number of amides is 1. The Hall–Kier alpha value is -1.47. The number of nitrogens with zero attached hydrogens (tertiary/aromatic N) is 1. The van der Waals surface area contributed by atoms with Crippen LogP contribution in [0.5, 0.6) is 0 Å². The summed E-state index contributed by atoms with van der Waals surface area (Å²) in [4.78, 5) is 15.5. The van der Waals surface area contributed by atoms with Crippen molar-refractivity contribution < 1.29 is 18.3 Å². The number of carbonyl (C=O) groups is 1. The van der Waals surface area contributed by atoms with Crippen LogP contribution >= 0.6 is 0 Å². The molecular weight excluding hydrogens is 256 g/mol. The number of carbonyl (C=O) groups excluding carboxylic acids is 1. The molecule has 1 atom stereocenters. The van der Waals surface area contributed by atoms with E-state index in [1.54, 1.807) is 18.3 Å². The molecule has 0 aliphatic carbocycles. The van der Waals surface area contributed by atoms with Crippen molar-refractivity contribution >= 4 is 21.6 Å². The number of sulfone groups is 1. The van der Waals surface area contributed by atoms with Crippen LogP contribution in [-0.2, 0) is 14.6 Å². The van der Waals surface area contributed by atoms with E-state index in [1.807, 2.05) is 6.92 Å². The van der Waals surface area contributed by atoms with Crippen LogP contribution in [0.2, 0.25) is 0 Å². The zero-order chi connectivity index (χ0) is 13.8. The molecule has 0 aliphatic heterocycles. The minimum Gasteiger partial charge on any atom is -0.383 e. The summed E-state index contributed by atoms with van der Waals surface area (Å²) >= 11 is 0. The normalized spacial score (nSPS) is 13.1. The van der Waals surface area contributed by atoms with E-state index in [1.165, 1.54) is 0 Å².